The number of anilines is 1. The van der Waals surface area contributed by atoms with Gasteiger partial charge in [-0.15, -0.1) is 0 Å². The van der Waals surface area contributed by atoms with Crippen molar-refractivity contribution in [2.24, 2.45) is 0 Å². The normalized spacial score (nSPS) is 13.2. The van der Waals surface area contributed by atoms with Crippen LogP contribution in [0.15, 0.2) is 60.9 Å². The molecule has 0 saturated carbocycles. The van der Waals surface area contributed by atoms with E-state index in [4.69, 9.17) is 0 Å². The molecule has 1 aliphatic rings. The molecule has 0 N–H and O–H groups in total. The smallest absolute Gasteiger partial charge is 0.231 e. The molecule has 1 aliphatic heterocycles. The third kappa shape index (κ3) is 3.10. The van der Waals surface area contributed by atoms with Crippen LogP contribution in [0.25, 0.3) is 11.1 Å². The van der Waals surface area contributed by atoms with Gasteiger partial charge in [0.25, 0.3) is 0 Å². The number of amides is 1. The number of nitrogens with zero attached hydrogens (tertiary/aromatic N) is 2. The number of rotatable bonds is 4. The summed E-state index contributed by atoms with van der Waals surface area (Å²) in [5, 5.41) is 0. The number of carbonyl (C=O) groups excluding carboxylic acids is 1. The Labute approximate surface area is 152 Å². The number of hydrogen-bond acceptors (Lipinski definition) is 2. The Morgan fingerprint density at radius 3 is 2.73 bits per heavy atom. The Balaban J connectivity index is 1.57. The summed E-state index contributed by atoms with van der Waals surface area (Å²) < 4.78 is 13.8. The molecular formula is C22H19FN2O. The number of pyridine rings is 1. The molecule has 4 rings (SSSR count). The second kappa shape index (κ2) is 6.71. The van der Waals surface area contributed by atoms with Crippen molar-refractivity contribution in [3.63, 3.8) is 0 Å². The van der Waals surface area contributed by atoms with Crippen LogP contribution in [-0.2, 0) is 24.1 Å². The van der Waals surface area contributed by atoms with Gasteiger partial charge in [0.15, 0.2) is 0 Å². The molecule has 3 aromatic rings. The van der Waals surface area contributed by atoms with Gasteiger partial charge < -0.3 is 4.90 Å². The highest BCUT2D eigenvalue weighted by molar-refractivity contribution is 6.01. The van der Waals surface area contributed by atoms with Crippen LogP contribution in [0.4, 0.5) is 10.1 Å². The minimum Gasteiger partial charge on any atom is -0.315 e. The zero-order valence-electron chi connectivity index (χ0n) is 14.6. The van der Waals surface area contributed by atoms with Crippen LogP contribution in [0.1, 0.15) is 16.7 Å². The lowest BCUT2D eigenvalue weighted by molar-refractivity contribution is -0.117. The number of halogens is 1. The monoisotopic (exact) mass is 346 g/mol. The molecule has 0 atom stereocenters. The summed E-state index contributed by atoms with van der Waals surface area (Å²) in [6, 6.07) is 15.0. The summed E-state index contributed by atoms with van der Waals surface area (Å²) in [7, 11) is 1.81. The molecule has 0 fully saturated rings. The van der Waals surface area contributed by atoms with E-state index in [9.17, 15) is 9.18 Å². The highest BCUT2D eigenvalue weighted by atomic mass is 19.1. The topological polar surface area (TPSA) is 33.2 Å². The van der Waals surface area contributed by atoms with Crippen molar-refractivity contribution in [3.8, 4) is 11.1 Å². The van der Waals surface area contributed by atoms with E-state index in [-0.39, 0.29) is 11.7 Å². The first-order valence-corrected chi connectivity index (χ1v) is 8.69. The fourth-order valence-electron chi connectivity index (χ4n) is 3.38. The Morgan fingerprint density at radius 1 is 1.04 bits per heavy atom. The van der Waals surface area contributed by atoms with Gasteiger partial charge >= 0.3 is 0 Å². The molecule has 0 unspecified atom stereocenters. The molecule has 2 aromatic carbocycles. The summed E-state index contributed by atoms with van der Waals surface area (Å²) in [5.41, 5.74) is 5.84. The standard InChI is InChI=1S/C22H19FN2O/c1-25-21-11-17(8-9-18(21)12-22(25)26)19-10-15(13-24-14-19)6-7-16-4-2-3-5-20(16)23/h2-5,8-11,13-14H,6-7,12H2,1H3. The first kappa shape index (κ1) is 16.5. The van der Waals surface area contributed by atoms with Gasteiger partial charge in [-0.05, 0) is 53.3 Å². The lowest BCUT2D eigenvalue weighted by Gasteiger charge is -2.12. The Bertz CT molecular complexity index is 983. The lowest BCUT2D eigenvalue weighted by Crippen LogP contribution is -2.20. The molecule has 0 aliphatic carbocycles. The van der Waals surface area contributed by atoms with Crippen molar-refractivity contribution in [2.45, 2.75) is 19.3 Å². The van der Waals surface area contributed by atoms with Crippen molar-refractivity contribution in [1.29, 1.82) is 0 Å². The van der Waals surface area contributed by atoms with Gasteiger partial charge in [0.2, 0.25) is 5.91 Å². The van der Waals surface area contributed by atoms with Crippen LogP contribution >= 0.6 is 0 Å². The Hall–Kier alpha value is -3.01. The number of likely N-dealkylation sites (N-methyl/N-ethyl adjacent to an activating group) is 1. The van der Waals surface area contributed by atoms with Gasteiger partial charge in [0.1, 0.15) is 5.82 Å². The van der Waals surface area contributed by atoms with E-state index in [1.165, 1.54) is 6.07 Å². The lowest BCUT2D eigenvalue weighted by atomic mass is 10.00. The summed E-state index contributed by atoms with van der Waals surface area (Å²) >= 11 is 0. The third-order valence-electron chi connectivity index (χ3n) is 4.93. The highest BCUT2D eigenvalue weighted by Gasteiger charge is 2.24. The quantitative estimate of drug-likeness (QED) is 0.710. The molecule has 26 heavy (non-hydrogen) atoms. The van der Waals surface area contributed by atoms with Gasteiger partial charge in [0, 0.05) is 30.7 Å². The van der Waals surface area contributed by atoms with Crippen LogP contribution in [0.5, 0.6) is 0 Å². The first-order chi connectivity index (χ1) is 12.6. The van der Waals surface area contributed by atoms with Crippen LogP contribution in [0, 0.1) is 5.82 Å². The third-order valence-corrected chi connectivity index (χ3v) is 4.93. The maximum atomic E-state index is 13.8. The van der Waals surface area contributed by atoms with Crippen LogP contribution in [0.2, 0.25) is 0 Å². The maximum absolute atomic E-state index is 13.8. The van der Waals surface area contributed by atoms with Gasteiger partial charge in [-0.2, -0.15) is 0 Å². The molecule has 3 nitrogen and oxygen atoms in total. The van der Waals surface area contributed by atoms with Crippen molar-refractivity contribution < 1.29 is 9.18 Å². The second-order valence-electron chi connectivity index (χ2n) is 6.65. The fraction of sp³-hybridized carbons (Fsp3) is 0.182. The van der Waals surface area contributed by atoms with E-state index < -0.39 is 0 Å². The van der Waals surface area contributed by atoms with Gasteiger partial charge in [-0.1, -0.05) is 30.3 Å². The number of aryl methyl sites for hydroxylation is 2. The molecule has 1 amide bonds. The van der Waals surface area contributed by atoms with Gasteiger partial charge in [-0.3, -0.25) is 9.78 Å². The SMILES string of the molecule is CN1C(=O)Cc2ccc(-c3cncc(CCc4ccccc4F)c3)cc21. The summed E-state index contributed by atoms with van der Waals surface area (Å²) in [4.78, 5) is 17.9. The summed E-state index contributed by atoms with van der Waals surface area (Å²) in [6.07, 6.45) is 5.48. The molecule has 0 spiro atoms. The number of benzene rings is 2. The largest absolute Gasteiger partial charge is 0.315 e. The maximum Gasteiger partial charge on any atom is 0.231 e. The molecule has 0 bridgehead atoms. The molecule has 130 valence electrons. The molecular weight excluding hydrogens is 327 g/mol. The van der Waals surface area contributed by atoms with Gasteiger partial charge in [0.05, 0.1) is 6.42 Å². The van der Waals surface area contributed by atoms with E-state index in [1.54, 1.807) is 18.0 Å². The van der Waals surface area contributed by atoms with E-state index in [0.717, 1.165) is 39.9 Å². The van der Waals surface area contributed by atoms with Crippen LogP contribution in [0.3, 0.4) is 0 Å². The van der Waals surface area contributed by atoms with Crippen molar-refractivity contribution in [1.82, 2.24) is 4.98 Å². The number of fused-ring (bicyclic) bond motifs is 1. The van der Waals surface area contributed by atoms with Crippen LogP contribution in [-0.4, -0.2) is 17.9 Å². The number of aromatic nitrogens is 1. The fourth-order valence-corrected chi connectivity index (χ4v) is 3.38. The Kier molecular flexibility index (Phi) is 4.25. The minimum absolute atomic E-state index is 0.119. The predicted octanol–water partition coefficient (Wildman–Crippen LogP) is 4.19. The summed E-state index contributed by atoms with van der Waals surface area (Å²) in [6.45, 7) is 0. The molecule has 2 heterocycles. The number of hydrogen-bond donors (Lipinski definition) is 0. The summed E-state index contributed by atoms with van der Waals surface area (Å²) in [5.74, 6) is -0.0446. The van der Waals surface area contributed by atoms with E-state index in [1.807, 2.05) is 42.7 Å². The van der Waals surface area contributed by atoms with Crippen molar-refractivity contribution in [2.75, 3.05) is 11.9 Å². The van der Waals surface area contributed by atoms with Crippen molar-refractivity contribution in [3.05, 3.63) is 83.4 Å². The van der Waals surface area contributed by atoms with E-state index in [2.05, 4.69) is 11.1 Å². The zero-order chi connectivity index (χ0) is 18.1. The predicted molar refractivity (Wildman–Crippen MR) is 101 cm³/mol. The average molecular weight is 346 g/mol. The van der Waals surface area contributed by atoms with Gasteiger partial charge in [-0.25, -0.2) is 4.39 Å². The minimum atomic E-state index is -0.164. The molecule has 0 radical (unpaired) electrons. The Morgan fingerprint density at radius 2 is 1.88 bits per heavy atom. The van der Waals surface area contributed by atoms with Crippen LogP contribution < -0.4 is 4.90 Å². The zero-order valence-corrected chi connectivity index (χ0v) is 14.6. The van der Waals surface area contributed by atoms with E-state index in [0.29, 0.717) is 12.8 Å². The average Bonchev–Trinajstić information content (AvgIpc) is 2.95. The van der Waals surface area contributed by atoms with Crippen molar-refractivity contribution >= 4 is 11.6 Å². The molecule has 0 saturated heterocycles. The van der Waals surface area contributed by atoms with E-state index >= 15 is 0 Å². The first-order valence-electron chi connectivity index (χ1n) is 8.69. The number of carbonyl (C=O) groups is 1. The molecule has 1 aromatic heterocycles. The molecule has 4 heteroatoms. The second-order valence-corrected chi connectivity index (χ2v) is 6.65. The highest BCUT2D eigenvalue weighted by Crippen LogP contribution is 2.32.